The fourth-order valence-corrected chi connectivity index (χ4v) is 3.69. The van der Waals surface area contributed by atoms with E-state index in [1.807, 2.05) is 22.4 Å². The minimum Gasteiger partial charge on any atom is -0.340 e. The molecular formula is C18H18FN3OS. The number of piperazine rings is 1. The first-order chi connectivity index (χ1) is 11.7. The van der Waals surface area contributed by atoms with Gasteiger partial charge in [-0.05, 0) is 29.1 Å². The van der Waals surface area contributed by atoms with Crippen molar-refractivity contribution >= 4 is 17.2 Å². The number of rotatable bonds is 4. The van der Waals surface area contributed by atoms with Gasteiger partial charge < -0.3 is 4.90 Å². The molecule has 1 aromatic heterocycles. The SMILES string of the molecule is N#CC(c1cccs1)N1CCN(C(=O)Cc2ccc(F)cc2)CC1. The summed E-state index contributed by atoms with van der Waals surface area (Å²) in [6.45, 7) is 2.60. The van der Waals surface area contributed by atoms with Crippen LogP contribution in [0.5, 0.6) is 0 Å². The van der Waals surface area contributed by atoms with E-state index in [0.717, 1.165) is 10.4 Å². The van der Waals surface area contributed by atoms with Gasteiger partial charge in [0, 0.05) is 31.1 Å². The van der Waals surface area contributed by atoms with Gasteiger partial charge in [0.05, 0.1) is 12.5 Å². The second-order valence-electron chi connectivity index (χ2n) is 5.77. The average Bonchev–Trinajstić information content (AvgIpc) is 3.12. The summed E-state index contributed by atoms with van der Waals surface area (Å²) in [7, 11) is 0. The van der Waals surface area contributed by atoms with Gasteiger partial charge >= 0.3 is 0 Å². The number of thiophene rings is 1. The highest BCUT2D eigenvalue weighted by Crippen LogP contribution is 2.25. The van der Waals surface area contributed by atoms with Crippen LogP contribution in [0.15, 0.2) is 41.8 Å². The lowest BCUT2D eigenvalue weighted by Gasteiger charge is -2.36. The summed E-state index contributed by atoms with van der Waals surface area (Å²) in [5, 5.41) is 11.4. The van der Waals surface area contributed by atoms with Crippen molar-refractivity contribution in [1.29, 1.82) is 5.26 Å². The molecule has 124 valence electrons. The molecule has 1 saturated heterocycles. The first-order valence-corrected chi connectivity index (χ1v) is 8.74. The van der Waals surface area contributed by atoms with Crippen molar-refractivity contribution in [3.8, 4) is 6.07 Å². The van der Waals surface area contributed by atoms with Crippen molar-refractivity contribution in [2.24, 2.45) is 0 Å². The van der Waals surface area contributed by atoms with E-state index in [2.05, 4.69) is 11.0 Å². The second-order valence-corrected chi connectivity index (χ2v) is 6.75. The smallest absolute Gasteiger partial charge is 0.227 e. The summed E-state index contributed by atoms with van der Waals surface area (Å²) in [6, 6.07) is 12.1. The lowest BCUT2D eigenvalue weighted by Crippen LogP contribution is -2.49. The number of hydrogen-bond acceptors (Lipinski definition) is 4. The number of hydrogen-bond donors (Lipinski definition) is 0. The summed E-state index contributed by atoms with van der Waals surface area (Å²) in [4.78, 5) is 17.4. The predicted molar refractivity (Wildman–Crippen MR) is 90.9 cm³/mol. The Morgan fingerprint density at radius 2 is 1.92 bits per heavy atom. The molecule has 1 aromatic carbocycles. The molecule has 1 fully saturated rings. The molecule has 1 amide bonds. The van der Waals surface area contributed by atoms with Crippen LogP contribution in [0, 0.1) is 17.1 Å². The molecule has 24 heavy (non-hydrogen) atoms. The number of nitriles is 1. The topological polar surface area (TPSA) is 47.3 Å². The van der Waals surface area contributed by atoms with Gasteiger partial charge in [-0.1, -0.05) is 18.2 Å². The molecule has 2 aromatic rings. The molecule has 4 nitrogen and oxygen atoms in total. The van der Waals surface area contributed by atoms with Crippen LogP contribution < -0.4 is 0 Å². The Morgan fingerprint density at radius 1 is 1.21 bits per heavy atom. The first kappa shape index (κ1) is 16.6. The highest BCUT2D eigenvalue weighted by atomic mass is 32.1. The van der Waals surface area contributed by atoms with Crippen LogP contribution in [0.25, 0.3) is 0 Å². The van der Waals surface area contributed by atoms with Gasteiger partial charge in [-0.3, -0.25) is 9.69 Å². The van der Waals surface area contributed by atoms with E-state index in [9.17, 15) is 14.4 Å². The summed E-state index contributed by atoms with van der Waals surface area (Å²) in [6.07, 6.45) is 0.285. The number of carbonyl (C=O) groups excluding carboxylic acids is 1. The van der Waals surface area contributed by atoms with Gasteiger partial charge in [0.25, 0.3) is 0 Å². The van der Waals surface area contributed by atoms with Gasteiger partial charge in [0.1, 0.15) is 11.9 Å². The zero-order valence-corrected chi connectivity index (χ0v) is 14.0. The van der Waals surface area contributed by atoms with Crippen molar-refractivity contribution in [1.82, 2.24) is 9.80 Å². The maximum atomic E-state index is 12.9. The molecule has 1 aliphatic rings. The Kier molecular flexibility index (Phi) is 5.24. The van der Waals surface area contributed by atoms with Crippen molar-refractivity contribution in [2.75, 3.05) is 26.2 Å². The molecule has 1 aliphatic heterocycles. The van der Waals surface area contributed by atoms with E-state index >= 15 is 0 Å². The third kappa shape index (κ3) is 3.81. The van der Waals surface area contributed by atoms with Crippen LogP contribution in [0.1, 0.15) is 16.5 Å². The number of carbonyl (C=O) groups is 1. The quantitative estimate of drug-likeness (QED) is 0.858. The molecule has 1 unspecified atom stereocenters. The minimum absolute atomic E-state index is 0.0471. The molecule has 0 spiro atoms. The van der Waals surface area contributed by atoms with E-state index < -0.39 is 0 Å². The standard InChI is InChI=1S/C18H18FN3OS/c19-15-5-3-14(4-6-15)12-18(23)22-9-7-21(8-10-22)16(13-20)17-2-1-11-24-17/h1-6,11,16H,7-10,12H2. The van der Waals surface area contributed by atoms with Crippen LogP contribution in [-0.4, -0.2) is 41.9 Å². The Balaban J connectivity index is 1.55. The van der Waals surface area contributed by atoms with E-state index in [1.54, 1.807) is 23.5 Å². The molecule has 6 heteroatoms. The number of amides is 1. The monoisotopic (exact) mass is 343 g/mol. The minimum atomic E-state index is -0.295. The van der Waals surface area contributed by atoms with Crippen molar-refractivity contribution in [2.45, 2.75) is 12.5 Å². The highest BCUT2D eigenvalue weighted by molar-refractivity contribution is 7.10. The second kappa shape index (κ2) is 7.56. The molecule has 3 rings (SSSR count). The van der Waals surface area contributed by atoms with Gasteiger partial charge in [-0.15, -0.1) is 11.3 Å². The number of nitrogens with zero attached hydrogens (tertiary/aromatic N) is 3. The molecule has 0 bridgehead atoms. The summed E-state index contributed by atoms with van der Waals surface area (Å²) >= 11 is 1.58. The Labute approximate surface area is 144 Å². The number of halogens is 1. The maximum Gasteiger partial charge on any atom is 0.227 e. The average molecular weight is 343 g/mol. The summed E-state index contributed by atoms with van der Waals surface area (Å²) < 4.78 is 12.9. The molecule has 0 aliphatic carbocycles. The zero-order valence-electron chi connectivity index (χ0n) is 13.2. The molecule has 0 N–H and O–H groups in total. The first-order valence-electron chi connectivity index (χ1n) is 7.86. The van der Waals surface area contributed by atoms with Crippen molar-refractivity contribution in [3.05, 3.63) is 58.0 Å². The van der Waals surface area contributed by atoms with Crippen LogP contribution in [-0.2, 0) is 11.2 Å². The van der Waals surface area contributed by atoms with Gasteiger partial charge in [0.15, 0.2) is 0 Å². The molecular weight excluding hydrogens is 325 g/mol. The fraction of sp³-hybridized carbons (Fsp3) is 0.333. The van der Waals surface area contributed by atoms with Gasteiger partial charge in [-0.2, -0.15) is 5.26 Å². The Hall–Kier alpha value is -2.23. The van der Waals surface area contributed by atoms with Crippen molar-refractivity contribution < 1.29 is 9.18 Å². The third-order valence-corrected chi connectivity index (χ3v) is 5.16. The summed E-state index contributed by atoms with van der Waals surface area (Å²) in [5.74, 6) is -0.248. The van der Waals surface area contributed by atoms with Crippen LogP contribution in [0.4, 0.5) is 4.39 Å². The van der Waals surface area contributed by atoms with E-state index in [-0.39, 0.29) is 24.2 Å². The number of benzene rings is 1. The zero-order chi connectivity index (χ0) is 16.9. The normalized spacial score (nSPS) is 16.6. The van der Waals surface area contributed by atoms with E-state index in [4.69, 9.17) is 0 Å². The summed E-state index contributed by atoms with van der Waals surface area (Å²) in [5.41, 5.74) is 0.817. The van der Waals surface area contributed by atoms with Crippen molar-refractivity contribution in [3.63, 3.8) is 0 Å². The van der Waals surface area contributed by atoms with E-state index in [0.29, 0.717) is 26.2 Å². The third-order valence-electron chi connectivity index (χ3n) is 4.24. The molecule has 0 saturated carbocycles. The van der Waals surface area contributed by atoms with E-state index in [1.165, 1.54) is 12.1 Å². The molecule has 0 radical (unpaired) electrons. The van der Waals surface area contributed by atoms with Crippen LogP contribution >= 0.6 is 11.3 Å². The predicted octanol–water partition coefficient (Wildman–Crippen LogP) is 2.84. The molecule has 1 atom stereocenters. The van der Waals surface area contributed by atoms with Gasteiger partial charge in [0.2, 0.25) is 5.91 Å². The highest BCUT2D eigenvalue weighted by Gasteiger charge is 2.27. The largest absolute Gasteiger partial charge is 0.340 e. The maximum absolute atomic E-state index is 12.9. The van der Waals surface area contributed by atoms with Crippen LogP contribution in [0.2, 0.25) is 0 Å². The molecule has 2 heterocycles. The fourth-order valence-electron chi connectivity index (χ4n) is 2.89. The van der Waals surface area contributed by atoms with Gasteiger partial charge in [-0.25, -0.2) is 4.39 Å². The lowest BCUT2D eigenvalue weighted by atomic mass is 10.1. The lowest BCUT2D eigenvalue weighted by molar-refractivity contribution is -0.132. The Bertz CT molecular complexity index is 716. The van der Waals surface area contributed by atoms with Crippen LogP contribution in [0.3, 0.4) is 0 Å². The Morgan fingerprint density at radius 3 is 2.50 bits per heavy atom.